The summed E-state index contributed by atoms with van der Waals surface area (Å²) < 4.78 is 0. The summed E-state index contributed by atoms with van der Waals surface area (Å²) in [6.07, 6.45) is 2.27. The van der Waals surface area contributed by atoms with Crippen LogP contribution >= 0.6 is 0 Å². The number of carbonyl (C=O) groups excluding carboxylic acids is 2. The Morgan fingerprint density at radius 1 is 1.45 bits per heavy atom. The maximum absolute atomic E-state index is 12.3. The zero-order chi connectivity index (χ0) is 15.1. The van der Waals surface area contributed by atoms with Crippen LogP contribution in [0.2, 0.25) is 0 Å². The highest BCUT2D eigenvalue weighted by Gasteiger charge is 2.27. The zero-order valence-corrected chi connectivity index (χ0v) is 12.5. The maximum atomic E-state index is 12.3. The molecule has 3 N–H and O–H groups in total. The molecule has 6 heteroatoms. The third-order valence-corrected chi connectivity index (χ3v) is 3.85. The molecule has 0 aromatic heterocycles. The fourth-order valence-corrected chi connectivity index (χ4v) is 2.50. The standard InChI is InChI=1S/C14H27N3O3/c1-11(2)16(7-4-8-18)10-13(19)17-6-3-5-12(9-17)14(15)20/h11-12,18H,3-10H2,1-2H3,(H2,15,20). The quantitative estimate of drug-likeness (QED) is 0.678. The Balaban J connectivity index is 2.52. The molecule has 1 fully saturated rings. The third kappa shape index (κ3) is 5.09. The van der Waals surface area contributed by atoms with Gasteiger partial charge in [-0.05, 0) is 33.1 Å². The molecule has 2 amide bonds. The Labute approximate surface area is 120 Å². The predicted molar refractivity (Wildman–Crippen MR) is 76.9 cm³/mol. The average Bonchev–Trinajstić information content (AvgIpc) is 2.42. The number of nitrogens with two attached hydrogens (primary N) is 1. The number of nitrogens with zero attached hydrogens (tertiary/aromatic N) is 2. The lowest BCUT2D eigenvalue weighted by atomic mass is 9.97. The van der Waals surface area contributed by atoms with Crippen molar-refractivity contribution in [3.8, 4) is 0 Å². The van der Waals surface area contributed by atoms with Crippen molar-refractivity contribution in [2.45, 2.75) is 39.2 Å². The van der Waals surface area contributed by atoms with Gasteiger partial charge in [0.25, 0.3) is 0 Å². The molecule has 1 unspecified atom stereocenters. The van der Waals surface area contributed by atoms with Crippen LogP contribution in [0.15, 0.2) is 0 Å². The first-order valence-corrected chi connectivity index (χ1v) is 7.37. The Hall–Kier alpha value is -1.14. The SMILES string of the molecule is CC(C)N(CCCO)CC(=O)N1CCCC(C(N)=O)C1. The van der Waals surface area contributed by atoms with Crippen LogP contribution in [0, 0.1) is 5.92 Å². The minimum absolute atomic E-state index is 0.0441. The van der Waals surface area contributed by atoms with E-state index in [1.54, 1.807) is 4.90 Å². The van der Waals surface area contributed by atoms with Crippen LogP contribution in [0.4, 0.5) is 0 Å². The highest BCUT2D eigenvalue weighted by molar-refractivity contribution is 5.81. The largest absolute Gasteiger partial charge is 0.396 e. The van der Waals surface area contributed by atoms with Crippen molar-refractivity contribution in [1.29, 1.82) is 0 Å². The molecular weight excluding hydrogens is 258 g/mol. The van der Waals surface area contributed by atoms with Crippen molar-refractivity contribution in [2.24, 2.45) is 11.7 Å². The summed E-state index contributed by atoms with van der Waals surface area (Å²) in [5.74, 6) is -0.483. The highest BCUT2D eigenvalue weighted by atomic mass is 16.3. The van der Waals surface area contributed by atoms with Crippen LogP contribution in [-0.2, 0) is 9.59 Å². The van der Waals surface area contributed by atoms with Crippen molar-refractivity contribution in [2.75, 3.05) is 32.8 Å². The number of amides is 2. The van der Waals surface area contributed by atoms with Crippen molar-refractivity contribution in [3.63, 3.8) is 0 Å². The highest BCUT2D eigenvalue weighted by Crippen LogP contribution is 2.16. The number of primary amides is 1. The summed E-state index contributed by atoms with van der Waals surface area (Å²) in [6.45, 7) is 6.38. The first-order chi connectivity index (χ1) is 9.45. The molecule has 1 aliphatic rings. The fourth-order valence-electron chi connectivity index (χ4n) is 2.50. The number of piperidine rings is 1. The second kappa shape index (κ2) is 8.21. The number of aliphatic hydroxyl groups excluding tert-OH is 1. The van der Waals surface area contributed by atoms with Gasteiger partial charge in [-0.15, -0.1) is 0 Å². The van der Waals surface area contributed by atoms with Crippen molar-refractivity contribution in [1.82, 2.24) is 9.80 Å². The molecule has 116 valence electrons. The van der Waals surface area contributed by atoms with E-state index in [0.717, 1.165) is 12.8 Å². The molecule has 0 bridgehead atoms. The monoisotopic (exact) mass is 285 g/mol. The molecule has 1 rings (SSSR count). The Bertz CT molecular complexity index is 334. The van der Waals surface area contributed by atoms with E-state index in [0.29, 0.717) is 32.6 Å². The Kier molecular flexibility index (Phi) is 6.95. The van der Waals surface area contributed by atoms with Gasteiger partial charge in [0.05, 0.1) is 12.5 Å². The van der Waals surface area contributed by atoms with Crippen LogP contribution in [0.3, 0.4) is 0 Å². The van der Waals surface area contributed by atoms with E-state index < -0.39 is 0 Å². The number of hydrogen-bond acceptors (Lipinski definition) is 4. The van der Waals surface area contributed by atoms with E-state index in [9.17, 15) is 9.59 Å². The summed E-state index contributed by atoms with van der Waals surface area (Å²) in [4.78, 5) is 27.3. The van der Waals surface area contributed by atoms with Crippen molar-refractivity contribution < 1.29 is 14.7 Å². The van der Waals surface area contributed by atoms with Gasteiger partial charge in [-0.2, -0.15) is 0 Å². The van der Waals surface area contributed by atoms with Gasteiger partial charge in [-0.1, -0.05) is 0 Å². The normalized spacial score (nSPS) is 19.6. The first-order valence-electron chi connectivity index (χ1n) is 7.37. The molecule has 0 saturated carbocycles. The van der Waals surface area contributed by atoms with Crippen molar-refractivity contribution >= 4 is 11.8 Å². The van der Waals surface area contributed by atoms with E-state index in [-0.39, 0.29) is 30.4 Å². The van der Waals surface area contributed by atoms with Crippen LogP contribution in [0.25, 0.3) is 0 Å². The summed E-state index contributed by atoms with van der Waals surface area (Å²) in [7, 11) is 0. The molecule has 0 spiro atoms. The summed E-state index contributed by atoms with van der Waals surface area (Å²) >= 11 is 0. The van der Waals surface area contributed by atoms with E-state index >= 15 is 0 Å². The van der Waals surface area contributed by atoms with Crippen molar-refractivity contribution in [3.05, 3.63) is 0 Å². The molecule has 0 radical (unpaired) electrons. The van der Waals surface area contributed by atoms with Gasteiger partial charge in [0.15, 0.2) is 0 Å². The average molecular weight is 285 g/mol. The van der Waals surface area contributed by atoms with Crippen LogP contribution in [0.5, 0.6) is 0 Å². The van der Waals surface area contributed by atoms with E-state index in [1.807, 2.05) is 18.7 Å². The number of hydrogen-bond donors (Lipinski definition) is 2. The van der Waals surface area contributed by atoms with Gasteiger partial charge >= 0.3 is 0 Å². The van der Waals surface area contributed by atoms with Gasteiger partial charge in [-0.25, -0.2) is 0 Å². The fraction of sp³-hybridized carbons (Fsp3) is 0.857. The van der Waals surface area contributed by atoms with Gasteiger partial charge < -0.3 is 15.7 Å². The smallest absolute Gasteiger partial charge is 0.236 e. The number of likely N-dealkylation sites (tertiary alicyclic amines) is 1. The zero-order valence-electron chi connectivity index (χ0n) is 12.5. The molecule has 0 aromatic rings. The molecule has 0 aromatic carbocycles. The summed E-state index contributed by atoms with van der Waals surface area (Å²) in [5, 5.41) is 8.90. The predicted octanol–water partition coefficient (Wildman–Crippen LogP) is -0.197. The van der Waals surface area contributed by atoms with Crippen LogP contribution < -0.4 is 5.73 Å². The molecule has 20 heavy (non-hydrogen) atoms. The second-order valence-corrected chi connectivity index (χ2v) is 5.72. The number of carbonyl (C=O) groups is 2. The van der Waals surface area contributed by atoms with E-state index in [2.05, 4.69) is 0 Å². The number of aliphatic hydroxyl groups is 1. The summed E-state index contributed by atoms with van der Waals surface area (Å²) in [5.41, 5.74) is 5.33. The topological polar surface area (TPSA) is 86.9 Å². The van der Waals surface area contributed by atoms with E-state index in [1.165, 1.54) is 0 Å². The van der Waals surface area contributed by atoms with E-state index in [4.69, 9.17) is 10.8 Å². The Morgan fingerprint density at radius 2 is 2.15 bits per heavy atom. The maximum Gasteiger partial charge on any atom is 0.236 e. The van der Waals surface area contributed by atoms with Crippen LogP contribution in [-0.4, -0.2) is 65.5 Å². The second-order valence-electron chi connectivity index (χ2n) is 5.72. The third-order valence-electron chi connectivity index (χ3n) is 3.85. The lowest BCUT2D eigenvalue weighted by Gasteiger charge is -2.34. The van der Waals surface area contributed by atoms with Crippen LogP contribution in [0.1, 0.15) is 33.1 Å². The minimum Gasteiger partial charge on any atom is -0.396 e. The first kappa shape index (κ1) is 16.9. The number of rotatable bonds is 7. The van der Waals surface area contributed by atoms with Gasteiger partial charge in [0, 0.05) is 32.3 Å². The molecule has 1 heterocycles. The minimum atomic E-state index is -0.316. The van der Waals surface area contributed by atoms with Gasteiger partial charge in [0.2, 0.25) is 11.8 Å². The lowest BCUT2D eigenvalue weighted by Crippen LogP contribution is -2.48. The molecule has 1 saturated heterocycles. The molecular formula is C14H27N3O3. The molecule has 6 nitrogen and oxygen atoms in total. The summed E-state index contributed by atoms with van der Waals surface area (Å²) in [6, 6.07) is 0.252. The van der Waals surface area contributed by atoms with Gasteiger partial charge in [0.1, 0.15) is 0 Å². The molecule has 1 atom stereocenters. The Morgan fingerprint density at radius 3 is 2.70 bits per heavy atom. The molecule has 0 aliphatic carbocycles. The van der Waals surface area contributed by atoms with Gasteiger partial charge in [-0.3, -0.25) is 14.5 Å². The molecule has 1 aliphatic heterocycles. The lowest BCUT2D eigenvalue weighted by molar-refractivity contribution is -0.136.